The molecule has 0 fully saturated rings. The lowest BCUT2D eigenvalue weighted by Crippen LogP contribution is -2.32. The maximum absolute atomic E-state index is 11.8. The number of anilines is 1. The highest BCUT2D eigenvalue weighted by atomic mass is 35.5. The molecular weight excluding hydrogens is 399 g/mol. The van der Waals surface area contributed by atoms with Gasteiger partial charge in [0.1, 0.15) is 0 Å². The van der Waals surface area contributed by atoms with Crippen molar-refractivity contribution in [2.45, 2.75) is 0 Å². The second-order valence-corrected chi connectivity index (χ2v) is 5.78. The summed E-state index contributed by atoms with van der Waals surface area (Å²) in [4.78, 5) is 33.9. The van der Waals surface area contributed by atoms with E-state index in [2.05, 4.69) is 10.4 Å². The lowest BCUT2D eigenvalue weighted by molar-refractivity contribution is -0.385. The quantitative estimate of drug-likeness (QED) is 0.339. The lowest BCUT2D eigenvalue weighted by atomic mass is 10.2. The van der Waals surface area contributed by atoms with Gasteiger partial charge in [-0.1, -0.05) is 23.2 Å². The molecule has 0 aromatic heterocycles. The summed E-state index contributed by atoms with van der Waals surface area (Å²) in [7, 11) is 1.31. The molecule has 2 amide bonds. The first-order valence-corrected chi connectivity index (χ1v) is 7.99. The Hall–Kier alpha value is -3.17. The van der Waals surface area contributed by atoms with Crippen LogP contribution in [0.25, 0.3) is 0 Å². The number of carbonyl (C=O) groups excluding carboxylic acids is 2. The number of hydrogen-bond acceptors (Lipinski definition) is 6. The molecule has 2 N–H and O–H groups in total. The van der Waals surface area contributed by atoms with Gasteiger partial charge in [0.15, 0.2) is 5.75 Å². The number of nitrogens with one attached hydrogen (secondary N) is 2. The van der Waals surface area contributed by atoms with Crippen LogP contribution in [-0.2, 0) is 9.59 Å². The second kappa shape index (κ2) is 8.97. The number of amides is 2. The third-order valence-electron chi connectivity index (χ3n) is 3.16. The van der Waals surface area contributed by atoms with Gasteiger partial charge < -0.3 is 10.1 Å². The Balaban J connectivity index is 1.99. The Labute approximate surface area is 163 Å². The van der Waals surface area contributed by atoms with E-state index in [4.69, 9.17) is 27.9 Å². The molecule has 0 aliphatic heterocycles. The summed E-state index contributed by atoms with van der Waals surface area (Å²) in [5.41, 5.74) is 2.36. The van der Waals surface area contributed by atoms with Crippen LogP contribution in [0.4, 0.5) is 11.4 Å². The number of ether oxygens (including phenoxy) is 1. The highest BCUT2D eigenvalue weighted by Gasteiger charge is 2.15. The molecule has 0 aliphatic carbocycles. The van der Waals surface area contributed by atoms with Crippen molar-refractivity contribution in [2.75, 3.05) is 12.4 Å². The van der Waals surface area contributed by atoms with Gasteiger partial charge in [-0.05, 0) is 30.3 Å². The van der Waals surface area contributed by atoms with Crippen LogP contribution in [0.15, 0.2) is 41.5 Å². The fourth-order valence-electron chi connectivity index (χ4n) is 1.91. The highest BCUT2D eigenvalue weighted by molar-refractivity contribution is 6.42. The SMILES string of the molecule is COc1ccc(/C=N\NC(=O)C(=O)Nc2ccc(Cl)c(Cl)c2)cc1[N+](=O)[O-]. The predicted octanol–water partition coefficient (Wildman–Crippen LogP) is 3.00. The number of carbonyl (C=O) groups is 2. The summed E-state index contributed by atoms with van der Waals surface area (Å²) in [5.74, 6) is -1.94. The molecule has 0 heterocycles. The Kier molecular flexibility index (Phi) is 6.69. The second-order valence-electron chi connectivity index (χ2n) is 4.97. The molecule has 0 radical (unpaired) electrons. The molecule has 0 aliphatic rings. The number of rotatable bonds is 5. The van der Waals surface area contributed by atoms with Crippen LogP contribution in [0.1, 0.15) is 5.56 Å². The van der Waals surface area contributed by atoms with Gasteiger partial charge in [0, 0.05) is 17.3 Å². The number of hydrogen-bond donors (Lipinski definition) is 2. The van der Waals surface area contributed by atoms with Crippen LogP contribution in [0.3, 0.4) is 0 Å². The summed E-state index contributed by atoms with van der Waals surface area (Å²) in [6.45, 7) is 0. The molecule has 9 nitrogen and oxygen atoms in total. The van der Waals surface area contributed by atoms with Gasteiger partial charge >= 0.3 is 17.5 Å². The molecule has 0 unspecified atom stereocenters. The summed E-state index contributed by atoms with van der Waals surface area (Å²) in [5, 5.41) is 17.4. The molecule has 27 heavy (non-hydrogen) atoms. The number of halogens is 2. The minimum atomic E-state index is -1.04. The molecule has 0 spiro atoms. The molecule has 0 bridgehead atoms. The van der Waals surface area contributed by atoms with Gasteiger partial charge in [-0.25, -0.2) is 5.43 Å². The Morgan fingerprint density at radius 2 is 1.89 bits per heavy atom. The first kappa shape index (κ1) is 20.1. The number of nitro benzene ring substituents is 1. The Bertz CT molecular complexity index is 933. The van der Waals surface area contributed by atoms with Crippen molar-refractivity contribution in [3.63, 3.8) is 0 Å². The van der Waals surface area contributed by atoms with Crippen LogP contribution < -0.4 is 15.5 Å². The van der Waals surface area contributed by atoms with Crippen molar-refractivity contribution in [3.8, 4) is 5.75 Å². The average molecular weight is 411 g/mol. The van der Waals surface area contributed by atoms with E-state index in [0.29, 0.717) is 10.6 Å². The maximum atomic E-state index is 11.8. The van der Waals surface area contributed by atoms with Crippen molar-refractivity contribution < 1.29 is 19.2 Å². The van der Waals surface area contributed by atoms with Gasteiger partial charge in [-0.15, -0.1) is 0 Å². The van der Waals surface area contributed by atoms with E-state index in [1.54, 1.807) is 0 Å². The number of nitro groups is 1. The predicted molar refractivity (Wildman–Crippen MR) is 100 cm³/mol. The highest BCUT2D eigenvalue weighted by Crippen LogP contribution is 2.27. The fraction of sp³-hybridized carbons (Fsp3) is 0.0625. The third kappa shape index (κ3) is 5.40. The van der Waals surface area contributed by atoms with E-state index >= 15 is 0 Å². The standard InChI is InChI=1S/C16H12Cl2N4O5/c1-27-14-5-2-9(6-13(14)22(25)26)8-19-21-16(24)15(23)20-10-3-4-11(17)12(18)7-10/h2-8H,1H3,(H,20,23)(H,21,24)/b19-8-. The summed E-state index contributed by atoms with van der Waals surface area (Å²) >= 11 is 11.6. The van der Waals surface area contributed by atoms with Gasteiger partial charge in [0.25, 0.3) is 0 Å². The molecule has 140 valence electrons. The van der Waals surface area contributed by atoms with E-state index in [1.807, 2.05) is 5.43 Å². The van der Waals surface area contributed by atoms with Crippen molar-refractivity contribution in [1.82, 2.24) is 5.43 Å². The molecule has 0 atom stereocenters. The van der Waals surface area contributed by atoms with Crippen molar-refractivity contribution >= 4 is 52.6 Å². The zero-order valence-corrected chi connectivity index (χ0v) is 15.2. The smallest absolute Gasteiger partial charge is 0.329 e. The molecule has 2 rings (SSSR count). The minimum Gasteiger partial charge on any atom is -0.490 e. The summed E-state index contributed by atoms with van der Waals surface area (Å²) in [6, 6.07) is 8.42. The average Bonchev–Trinajstić information content (AvgIpc) is 2.64. The van der Waals surface area contributed by atoms with Crippen molar-refractivity contribution in [3.05, 3.63) is 62.1 Å². The summed E-state index contributed by atoms with van der Waals surface area (Å²) in [6.07, 6.45) is 1.15. The molecular formula is C16H12Cl2N4O5. The van der Waals surface area contributed by atoms with E-state index in [9.17, 15) is 19.7 Å². The van der Waals surface area contributed by atoms with Crippen LogP contribution in [-0.4, -0.2) is 30.1 Å². The fourth-order valence-corrected chi connectivity index (χ4v) is 2.21. The van der Waals surface area contributed by atoms with Gasteiger partial charge in [-0.2, -0.15) is 5.10 Å². The monoisotopic (exact) mass is 410 g/mol. The first-order chi connectivity index (χ1) is 12.8. The number of methoxy groups -OCH3 is 1. The molecule has 11 heteroatoms. The zero-order chi connectivity index (χ0) is 20.0. The van der Waals surface area contributed by atoms with Gasteiger partial charge in [0.05, 0.1) is 28.3 Å². The summed E-state index contributed by atoms with van der Waals surface area (Å²) < 4.78 is 4.88. The van der Waals surface area contributed by atoms with E-state index in [0.717, 1.165) is 6.21 Å². The van der Waals surface area contributed by atoms with E-state index in [-0.39, 0.29) is 22.1 Å². The van der Waals surface area contributed by atoms with Crippen LogP contribution in [0, 0.1) is 10.1 Å². The normalized spacial score (nSPS) is 10.5. The topological polar surface area (TPSA) is 123 Å². The molecule has 2 aromatic carbocycles. The van der Waals surface area contributed by atoms with Crippen molar-refractivity contribution in [1.29, 1.82) is 0 Å². The Morgan fingerprint density at radius 3 is 2.52 bits per heavy atom. The van der Waals surface area contributed by atoms with Gasteiger partial charge in [0.2, 0.25) is 0 Å². The molecule has 0 saturated heterocycles. The molecule has 2 aromatic rings. The molecule has 0 saturated carbocycles. The van der Waals surface area contributed by atoms with Crippen LogP contribution in [0.5, 0.6) is 5.75 Å². The largest absolute Gasteiger partial charge is 0.490 e. The van der Waals surface area contributed by atoms with E-state index in [1.165, 1.54) is 43.5 Å². The first-order valence-electron chi connectivity index (χ1n) is 7.23. The lowest BCUT2D eigenvalue weighted by Gasteiger charge is -2.05. The van der Waals surface area contributed by atoms with Crippen molar-refractivity contribution in [2.24, 2.45) is 5.10 Å². The zero-order valence-electron chi connectivity index (χ0n) is 13.7. The number of benzene rings is 2. The van der Waals surface area contributed by atoms with Crippen LogP contribution >= 0.6 is 23.2 Å². The number of nitrogens with zero attached hydrogens (tertiary/aromatic N) is 2. The van der Waals surface area contributed by atoms with Crippen LogP contribution in [0.2, 0.25) is 10.0 Å². The minimum absolute atomic E-state index is 0.0854. The third-order valence-corrected chi connectivity index (χ3v) is 3.90. The van der Waals surface area contributed by atoms with E-state index < -0.39 is 16.7 Å². The Morgan fingerprint density at radius 1 is 1.15 bits per heavy atom. The number of hydrazone groups is 1. The maximum Gasteiger partial charge on any atom is 0.329 e. The van der Waals surface area contributed by atoms with Gasteiger partial charge in [-0.3, -0.25) is 19.7 Å².